The largest absolute Gasteiger partial charge is 0.464 e. The molecule has 0 N–H and O–H groups in total. The summed E-state index contributed by atoms with van der Waals surface area (Å²) in [7, 11) is 1.35. The van der Waals surface area contributed by atoms with Crippen molar-refractivity contribution in [1.82, 2.24) is 14.5 Å². The highest BCUT2D eigenvalue weighted by Gasteiger charge is 2.29. The maximum atomic E-state index is 12.7. The number of rotatable bonds is 5. The Hall–Kier alpha value is -3.61. The third-order valence-electron chi connectivity index (χ3n) is 5.47. The van der Waals surface area contributed by atoms with E-state index in [9.17, 15) is 9.59 Å². The number of amides is 1. The van der Waals surface area contributed by atoms with Gasteiger partial charge in [0.25, 0.3) is 0 Å². The molecule has 1 saturated heterocycles. The molecule has 1 amide bonds. The maximum Gasteiger partial charge on any atom is 0.410 e. The van der Waals surface area contributed by atoms with E-state index in [0.717, 1.165) is 24.0 Å². The maximum absolute atomic E-state index is 12.7. The predicted molar refractivity (Wildman–Crippen MR) is 115 cm³/mol. The number of benzene rings is 2. The van der Waals surface area contributed by atoms with Crippen LogP contribution in [0.5, 0.6) is 0 Å². The molecule has 1 fully saturated rings. The number of hydrogen-bond donors (Lipinski definition) is 0. The zero-order valence-electron chi connectivity index (χ0n) is 17.4. The highest BCUT2D eigenvalue weighted by molar-refractivity contribution is 5.94. The van der Waals surface area contributed by atoms with Crippen molar-refractivity contribution in [2.45, 2.75) is 25.5 Å². The minimum Gasteiger partial charge on any atom is -0.464 e. The van der Waals surface area contributed by atoms with Gasteiger partial charge in [0.2, 0.25) is 0 Å². The number of esters is 1. The number of likely N-dealkylation sites (tertiary alicyclic amines) is 1. The molecule has 2 aromatic carbocycles. The predicted octanol–water partition coefficient (Wildman–Crippen LogP) is 4.31. The Morgan fingerprint density at radius 3 is 2.48 bits per heavy atom. The molecule has 1 aliphatic heterocycles. The van der Waals surface area contributed by atoms with Gasteiger partial charge in [0.05, 0.1) is 25.2 Å². The molecule has 4 rings (SSSR count). The highest BCUT2D eigenvalue weighted by atomic mass is 16.6. The zero-order valence-corrected chi connectivity index (χ0v) is 17.4. The molecular formula is C24H25N3O4. The fraction of sp³-hybridized carbons (Fsp3) is 0.292. The number of carbonyl (C=O) groups excluding carboxylic acids is 2. The van der Waals surface area contributed by atoms with Gasteiger partial charge in [-0.1, -0.05) is 60.7 Å². The quantitative estimate of drug-likeness (QED) is 0.576. The molecule has 0 aliphatic carbocycles. The molecule has 0 saturated carbocycles. The number of ether oxygens (including phenoxy) is 2. The first-order chi connectivity index (χ1) is 15.2. The van der Waals surface area contributed by atoms with Gasteiger partial charge in [-0.05, 0) is 18.4 Å². The lowest BCUT2D eigenvalue weighted by Gasteiger charge is -2.33. The molecule has 7 nitrogen and oxygen atoms in total. The van der Waals surface area contributed by atoms with Gasteiger partial charge in [0, 0.05) is 18.7 Å². The van der Waals surface area contributed by atoms with Crippen LogP contribution in [0.25, 0.3) is 11.3 Å². The molecule has 1 aromatic heterocycles. The fourth-order valence-corrected chi connectivity index (χ4v) is 3.92. The summed E-state index contributed by atoms with van der Waals surface area (Å²) >= 11 is 0. The summed E-state index contributed by atoms with van der Waals surface area (Å²) in [6.45, 7) is 1.38. The third-order valence-corrected chi connectivity index (χ3v) is 5.47. The fourth-order valence-electron chi connectivity index (χ4n) is 3.92. The first-order valence-electron chi connectivity index (χ1n) is 10.3. The standard InChI is InChI=1S/C24H25N3O4/c1-30-23(28)21-22(19-11-6-3-7-12-19)27(17-25-21)20-13-8-14-26(15-20)24(29)31-16-18-9-4-2-5-10-18/h2-7,9-12,17,20H,8,13-16H2,1H3. The smallest absolute Gasteiger partial charge is 0.410 e. The molecule has 0 bridgehead atoms. The number of aromatic nitrogens is 2. The molecule has 1 aliphatic rings. The summed E-state index contributed by atoms with van der Waals surface area (Å²) in [4.78, 5) is 31.0. The highest BCUT2D eigenvalue weighted by Crippen LogP contribution is 2.31. The molecule has 3 aromatic rings. The van der Waals surface area contributed by atoms with Gasteiger partial charge in [0.1, 0.15) is 6.61 Å². The van der Waals surface area contributed by atoms with Crippen LogP contribution in [0.3, 0.4) is 0 Å². The number of nitrogens with zero attached hydrogens (tertiary/aromatic N) is 3. The molecule has 0 radical (unpaired) electrons. The summed E-state index contributed by atoms with van der Waals surface area (Å²) < 4.78 is 12.4. The van der Waals surface area contributed by atoms with Crippen molar-refractivity contribution in [3.63, 3.8) is 0 Å². The lowest BCUT2D eigenvalue weighted by Crippen LogP contribution is -2.41. The second kappa shape index (κ2) is 9.47. The van der Waals surface area contributed by atoms with Crippen LogP contribution in [0.1, 0.15) is 34.9 Å². The van der Waals surface area contributed by atoms with Crippen molar-refractivity contribution < 1.29 is 19.1 Å². The number of hydrogen-bond acceptors (Lipinski definition) is 5. The van der Waals surface area contributed by atoms with E-state index in [2.05, 4.69) is 4.98 Å². The summed E-state index contributed by atoms with van der Waals surface area (Å²) in [6, 6.07) is 19.3. The molecule has 1 unspecified atom stereocenters. The van der Waals surface area contributed by atoms with Crippen molar-refractivity contribution in [1.29, 1.82) is 0 Å². The van der Waals surface area contributed by atoms with Crippen LogP contribution in [-0.2, 0) is 16.1 Å². The lowest BCUT2D eigenvalue weighted by atomic mass is 10.0. The van der Waals surface area contributed by atoms with Crippen LogP contribution < -0.4 is 0 Å². The molecule has 2 heterocycles. The monoisotopic (exact) mass is 419 g/mol. The van der Waals surface area contributed by atoms with E-state index in [0.29, 0.717) is 18.8 Å². The first kappa shape index (κ1) is 20.7. The van der Waals surface area contributed by atoms with E-state index in [1.54, 1.807) is 11.2 Å². The van der Waals surface area contributed by atoms with Crippen LogP contribution in [-0.4, -0.2) is 46.7 Å². The average molecular weight is 419 g/mol. The lowest BCUT2D eigenvalue weighted by molar-refractivity contribution is 0.0594. The SMILES string of the molecule is COC(=O)c1ncn(C2CCCN(C(=O)OCc3ccccc3)C2)c1-c1ccccc1. The second-order valence-corrected chi connectivity index (χ2v) is 7.49. The number of carbonyl (C=O) groups is 2. The van der Waals surface area contributed by atoms with Gasteiger partial charge in [-0.2, -0.15) is 0 Å². The summed E-state index contributed by atoms with van der Waals surface area (Å²) in [5.74, 6) is -0.479. The van der Waals surface area contributed by atoms with Gasteiger partial charge >= 0.3 is 12.1 Å². The van der Waals surface area contributed by atoms with Gasteiger partial charge < -0.3 is 18.9 Å². The van der Waals surface area contributed by atoms with Crippen molar-refractivity contribution in [2.24, 2.45) is 0 Å². The number of imidazole rings is 1. The number of methoxy groups -OCH3 is 1. The second-order valence-electron chi connectivity index (χ2n) is 7.49. The molecule has 0 spiro atoms. The van der Waals surface area contributed by atoms with E-state index in [1.165, 1.54) is 7.11 Å². The summed E-state index contributed by atoms with van der Waals surface area (Å²) in [5.41, 5.74) is 2.81. The Morgan fingerprint density at radius 2 is 1.77 bits per heavy atom. The Kier molecular flexibility index (Phi) is 6.31. The normalized spacial score (nSPS) is 16.0. The Morgan fingerprint density at radius 1 is 1.06 bits per heavy atom. The van der Waals surface area contributed by atoms with Gasteiger partial charge in [-0.25, -0.2) is 14.6 Å². The topological polar surface area (TPSA) is 73.7 Å². The summed E-state index contributed by atoms with van der Waals surface area (Å²) in [5, 5.41) is 0. The van der Waals surface area contributed by atoms with Gasteiger partial charge in [0.15, 0.2) is 5.69 Å². The molecule has 7 heteroatoms. The minimum atomic E-state index is -0.479. The van der Waals surface area contributed by atoms with Crippen LogP contribution in [0.4, 0.5) is 4.79 Å². The molecule has 160 valence electrons. The van der Waals surface area contributed by atoms with Crippen LogP contribution in [0.2, 0.25) is 0 Å². The zero-order chi connectivity index (χ0) is 21.6. The van der Waals surface area contributed by atoms with E-state index in [-0.39, 0.29) is 24.4 Å². The Balaban J connectivity index is 1.53. The third kappa shape index (κ3) is 4.60. The molecule has 1 atom stereocenters. The Bertz CT molecular complexity index is 1030. The molecular weight excluding hydrogens is 394 g/mol. The van der Waals surface area contributed by atoms with Crippen molar-refractivity contribution >= 4 is 12.1 Å². The van der Waals surface area contributed by atoms with Crippen molar-refractivity contribution in [3.05, 3.63) is 78.2 Å². The van der Waals surface area contributed by atoms with E-state index >= 15 is 0 Å². The molecule has 31 heavy (non-hydrogen) atoms. The summed E-state index contributed by atoms with van der Waals surface area (Å²) in [6.07, 6.45) is 3.05. The van der Waals surface area contributed by atoms with Crippen LogP contribution >= 0.6 is 0 Å². The van der Waals surface area contributed by atoms with E-state index in [1.807, 2.05) is 65.2 Å². The van der Waals surface area contributed by atoms with Crippen molar-refractivity contribution in [3.8, 4) is 11.3 Å². The van der Waals surface area contributed by atoms with Crippen molar-refractivity contribution in [2.75, 3.05) is 20.2 Å². The van der Waals surface area contributed by atoms with E-state index < -0.39 is 5.97 Å². The van der Waals surface area contributed by atoms with Gasteiger partial charge in [-0.15, -0.1) is 0 Å². The van der Waals surface area contributed by atoms with Gasteiger partial charge in [-0.3, -0.25) is 0 Å². The first-order valence-corrected chi connectivity index (χ1v) is 10.3. The van der Waals surface area contributed by atoms with E-state index in [4.69, 9.17) is 9.47 Å². The average Bonchev–Trinajstić information content (AvgIpc) is 3.28. The Labute approximate surface area is 181 Å². The van der Waals surface area contributed by atoms with Crippen LogP contribution in [0.15, 0.2) is 67.0 Å². The number of piperidine rings is 1. The van der Waals surface area contributed by atoms with Crippen LogP contribution in [0, 0.1) is 0 Å². The minimum absolute atomic E-state index is 0.0147.